The van der Waals surface area contributed by atoms with Gasteiger partial charge in [0, 0.05) is 54.0 Å². The molecule has 1 N–H and O–H groups in total. The Labute approximate surface area is 228 Å². The molecule has 0 aromatic heterocycles. The average Bonchev–Trinajstić information content (AvgIpc) is 3.61. The van der Waals surface area contributed by atoms with Crippen molar-refractivity contribution in [1.29, 1.82) is 0 Å². The number of amides is 1. The number of phenolic OH excluding ortho intramolecular Hbond substituents is 1. The Balaban J connectivity index is 1.19. The van der Waals surface area contributed by atoms with E-state index in [1.165, 1.54) is 5.56 Å². The third kappa shape index (κ3) is 3.71. The summed E-state index contributed by atoms with van der Waals surface area (Å²) in [6.07, 6.45) is 7.51. The molecule has 2 bridgehead atoms. The smallest absolute Gasteiger partial charge is 0.246 e. The second kappa shape index (κ2) is 8.81. The number of aryl methyl sites for hydroxylation is 1. The van der Waals surface area contributed by atoms with Crippen molar-refractivity contribution in [2.45, 2.75) is 68.7 Å². The molecular formula is C31H35N3O5. The molecule has 2 aromatic carbocycles. The number of nitrogens with zero attached hydrogens (tertiary/aromatic N) is 3. The number of hydrogen-bond acceptors (Lipinski definition) is 6. The van der Waals surface area contributed by atoms with Gasteiger partial charge in [-0.25, -0.2) is 0 Å². The lowest BCUT2D eigenvalue weighted by Gasteiger charge is -2.60. The van der Waals surface area contributed by atoms with E-state index in [0.717, 1.165) is 55.5 Å². The zero-order chi connectivity index (χ0) is 27.1. The van der Waals surface area contributed by atoms with Crippen molar-refractivity contribution in [3.8, 4) is 11.5 Å². The molecule has 0 radical (unpaired) electrons. The molecule has 1 amide bonds. The summed E-state index contributed by atoms with van der Waals surface area (Å²) in [7, 11) is 1.87. The molecular weight excluding hydrogens is 494 g/mol. The third-order valence-corrected chi connectivity index (χ3v) is 10.3. The summed E-state index contributed by atoms with van der Waals surface area (Å²) in [5.41, 5.74) is 4.26. The van der Waals surface area contributed by atoms with Crippen LogP contribution in [0.1, 0.15) is 47.9 Å². The predicted octanol–water partition coefficient (Wildman–Crippen LogP) is 3.95. The Hall–Kier alpha value is -3.39. The zero-order valence-electron chi connectivity index (χ0n) is 22.5. The van der Waals surface area contributed by atoms with E-state index >= 15 is 0 Å². The van der Waals surface area contributed by atoms with Crippen LogP contribution < -0.4 is 4.74 Å². The number of benzene rings is 2. The van der Waals surface area contributed by atoms with E-state index in [2.05, 4.69) is 11.0 Å². The van der Waals surface area contributed by atoms with Crippen molar-refractivity contribution in [3.05, 3.63) is 74.8 Å². The Kier molecular flexibility index (Phi) is 5.57. The number of likely N-dealkylation sites (tertiary alicyclic amines) is 1. The van der Waals surface area contributed by atoms with Crippen molar-refractivity contribution in [2.24, 2.45) is 11.8 Å². The van der Waals surface area contributed by atoms with Crippen LogP contribution in [0.15, 0.2) is 42.5 Å². The molecule has 1 saturated heterocycles. The molecule has 5 aliphatic rings. The van der Waals surface area contributed by atoms with Gasteiger partial charge in [0.05, 0.1) is 6.04 Å². The molecule has 39 heavy (non-hydrogen) atoms. The van der Waals surface area contributed by atoms with Crippen molar-refractivity contribution in [3.63, 3.8) is 0 Å². The van der Waals surface area contributed by atoms with Crippen molar-refractivity contribution < 1.29 is 19.6 Å². The van der Waals surface area contributed by atoms with Gasteiger partial charge < -0.3 is 14.7 Å². The summed E-state index contributed by atoms with van der Waals surface area (Å²) in [6, 6.07) is 11.6. The Morgan fingerprint density at radius 2 is 2.15 bits per heavy atom. The number of carbonyl (C=O) groups excluding carboxylic acids is 1. The van der Waals surface area contributed by atoms with Gasteiger partial charge >= 0.3 is 0 Å². The van der Waals surface area contributed by atoms with Gasteiger partial charge in [-0.15, -0.1) is 0 Å². The summed E-state index contributed by atoms with van der Waals surface area (Å²) >= 11 is 0. The van der Waals surface area contributed by atoms with E-state index in [9.17, 15) is 20.0 Å². The second-order valence-electron chi connectivity index (χ2n) is 12.3. The van der Waals surface area contributed by atoms with Gasteiger partial charge in [-0.05, 0) is 68.3 Å². The Bertz CT molecular complexity index is 1390. The number of nitro groups is 1. The topological polar surface area (TPSA) is 96.2 Å². The van der Waals surface area contributed by atoms with Gasteiger partial charge in [-0.2, -0.15) is 0 Å². The van der Waals surface area contributed by atoms with Crippen molar-refractivity contribution in [2.75, 3.05) is 20.1 Å². The largest absolute Gasteiger partial charge is 0.504 e. The number of phenols is 1. The van der Waals surface area contributed by atoms with Crippen molar-refractivity contribution >= 4 is 12.0 Å². The van der Waals surface area contributed by atoms with Gasteiger partial charge in [0.1, 0.15) is 6.10 Å². The molecule has 8 heteroatoms. The van der Waals surface area contributed by atoms with Crippen molar-refractivity contribution in [1.82, 2.24) is 9.80 Å². The number of likely N-dealkylation sites (N-methyl/N-ethyl adjacent to an activating group) is 1. The predicted molar refractivity (Wildman–Crippen MR) is 146 cm³/mol. The fourth-order valence-electron chi connectivity index (χ4n) is 8.43. The monoisotopic (exact) mass is 529 g/mol. The van der Waals surface area contributed by atoms with Gasteiger partial charge in [0.2, 0.25) is 11.9 Å². The van der Waals surface area contributed by atoms with Crippen LogP contribution in [0.4, 0.5) is 0 Å². The molecule has 7 rings (SSSR count). The van der Waals surface area contributed by atoms with E-state index in [1.807, 2.05) is 49.2 Å². The first-order valence-corrected chi connectivity index (χ1v) is 14.2. The molecule has 2 aliphatic heterocycles. The maximum atomic E-state index is 13.4. The SMILES string of the molecule is Cc1cccc(C=CC(=O)N(C)[C@@H]2CC[C@H]3[C@H]4Cc5ccc(O)c6c5[C@@]3(CCN4CC3CC3[N+](=O)[O-])[C@H]2O6)c1. The first-order chi connectivity index (χ1) is 18.8. The highest BCUT2D eigenvalue weighted by atomic mass is 16.6. The van der Waals surface area contributed by atoms with Crippen LogP contribution in [-0.4, -0.2) is 70.1 Å². The zero-order valence-corrected chi connectivity index (χ0v) is 22.5. The minimum Gasteiger partial charge on any atom is -0.504 e. The highest BCUT2D eigenvalue weighted by Crippen LogP contribution is 2.64. The van der Waals surface area contributed by atoms with E-state index in [4.69, 9.17) is 4.74 Å². The second-order valence-corrected chi connectivity index (χ2v) is 12.3. The summed E-state index contributed by atoms with van der Waals surface area (Å²) in [5, 5.41) is 22.2. The van der Waals surface area contributed by atoms with E-state index in [1.54, 1.807) is 12.1 Å². The lowest BCUT2D eigenvalue weighted by Crippen LogP contribution is -2.69. The van der Waals surface area contributed by atoms with Gasteiger partial charge in [0.15, 0.2) is 11.5 Å². The van der Waals surface area contributed by atoms with Crippen LogP contribution in [0.5, 0.6) is 11.5 Å². The highest BCUT2D eigenvalue weighted by Gasteiger charge is 2.67. The van der Waals surface area contributed by atoms with Crippen LogP contribution in [0.25, 0.3) is 6.08 Å². The molecule has 8 nitrogen and oxygen atoms in total. The maximum absolute atomic E-state index is 13.4. The maximum Gasteiger partial charge on any atom is 0.246 e. The quantitative estimate of drug-likeness (QED) is 0.346. The fraction of sp³-hybridized carbons (Fsp3) is 0.516. The average molecular weight is 530 g/mol. The fourth-order valence-corrected chi connectivity index (χ4v) is 8.43. The van der Waals surface area contributed by atoms with Crippen LogP contribution in [0, 0.1) is 28.9 Å². The number of rotatable bonds is 6. The number of ether oxygens (including phenoxy) is 1. The molecule has 7 atom stereocenters. The number of piperidine rings is 1. The molecule has 2 heterocycles. The highest BCUT2D eigenvalue weighted by molar-refractivity contribution is 5.92. The van der Waals surface area contributed by atoms with Crippen LogP contribution in [0.2, 0.25) is 0 Å². The summed E-state index contributed by atoms with van der Waals surface area (Å²) in [5.74, 6) is 1.21. The standard InChI is InChI=1S/C31H35N3O5/c1-18-4-3-5-19(14-18)6-11-27(36)32(2)23-9-8-22-25-15-20-7-10-26(35)29-28(20)31(22,30(23)39-29)12-13-33(25)17-21-16-24(21)34(37)38/h3-7,10-11,14,21-25,30,35H,8-9,12-13,15-17H2,1-2H3/t21?,22-,23+,24?,25+,30-,31-/m0/s1. The van der Waals surface area contributed by atoms with Gasteiger partial charge in [0.25, 0.3) is 0 Å². The van der Waals surface area contributed by atoms with E-state index in [0.29, 0.717) is 24.1 Å². The summed E-state index contributed by atoms with van der Waals surface area (Å²) in [6.45, 7) is 3.67. The van der Waals surface area contributed by atoms with Crippen LogP contribution in [0.3, 0.4) is 0 Å². The lowest BCUT2D eigenvalue weighted by atomic mass is 9.51. The number of carbonyl (C=O) groups is 1. The Morgan fingerprint density at radius 1 is 1.31 bits per heavy atom. The minimum atomic E-state index is -0.397. The summed E-state index contributed by atoms with van der Waals surface area (Å²) in [4.78, 5) is 28.9. The summed E-state index contributed by atoms with van der Waals surface area (Å²) < 4.78 is 6.67. The third-order valence-electron chi connectivity index (χ3n) is 10.3. The molecule has 2 saturated carbocycles. The first kappa shape index (κ1) is 24.6. The van der Waals surface area contributed by atoms with Gasteiger partial charge in [-0.3, -0.25) is 19.8 Å². The first-order valence-electron chi connectivity index (χ1n) is 14.2. The van der Waals surface area contributed by atoms with Crippen LogP contribution in [-0.2, 0) is 16.6 Å². The molecule has 3 fully saturated rings. The lowest BCUT2D eigenvalue weighted by molar-refractivity contribution is -0.498. The minimum absolute atomic E-state index is 0.0512. The van der Waals surface area contributed by atoms with Crippen LogP contribution >= 0.6 is 0 Å². The normalized spacial score (nSPS) is 33.9. The Morgan fingerprint density at radius 3 is 2.92 bits per heavy atom. The molecule has 2 aromatic rings. The number of hydrogen-bond donors (Lipinski definition) is 1. The number of aromatic hydroxyl groups is 1. The molecule has 3 aliphatic carbocycles. The molecule has 1 spiro atoms. The molecule has 2 unspecified atom stereocenters. The van der Waals surface area contributed by atoms with Gasteiger partial charge in [-0.1, -0.05) is 35.9 Å². The molecule has 204 valence electrons. The van der Waals surface area contributed by atoms with E-state index < -0.39 is 6.04 Å². The van der Waals surface area contributed by atoms with E-state index in [-0.39, 0.29) is 40.1 Å².